The van der Waals surface area contributed by atoms with Crippen LogP contribution in [0.1, 0.15) is 12.5 Å². The molecule has 0 spiro atoms. The van der Waals surface area contributed by atoms with E-state index in [1.165, 1.54) is 5.56 Å². The summed E-state index contributed by atoms with van der Waals surface area (Å²) in [6.07, 6.45) is 0.990. The van der Waals surface area contributed by atoms with Crippen molar-refractivity contribution in [3.63, 3.8) is 0 Å². The topological polar surface area (TPSA) is 33.0 Å². The van der Waals surface area contributed by atoms with Crippen molar-refractivity contribution in [1.82, 2.24) is 0 Å². The summed E-state index contributed by atoms with van der Waals surface area (Å²) in [5.41, 5.74) is 1.23. The van der Waals surface area contributed by atoms with Crippen LogP contribution in [-0.4, -0.2) is 6.61 Å². The largest absolute Gasteiger partial charge is 0.479 e. The molecule has 0 aliphatic rings. The van der Waals surface area contributed by atoms with Crippen LogP contribution in [0.2, 0.25) is 0 Å². The Balaban J connectivity index is 2.67. The van der Waals surface area contributed by atoms with Crippen LogP contribution in [-0.2, 0) is 6.42 Å². The van der Waals surface area contributed by atoms with Gasteiger partial charge in [-0.05, 0) is 24.1 Å². The van der Waals surface area contributed by atoms with E-state index >= 15 is 0 Å². The van der Waals surface area contributed by atoms with Crippen LogP contribution in [0.15, 0.2) is 24.3 Å². The summed E-state index contributed by atoms with van der Waals surface area (Å²) in [5, 5.41) is 8.28. The molecule has 0 aliphatic heterocycles. The fraction of sp³-hybridized carbons (Fsp3) is 0.300. The SMILES string of the molecule is CCc1cccc(OCC#N)c1. The van der Waals surface area contributed by atoms with Crippen LogP contribution in [0.4, 0.5) is 0 Å². The van der Waals surface area contributed by atoms with Gasteiger partial charge in [0, 0.05) is 0 Å². The molecule has 0 fully saturated rings. The molecule has 0 aliphatic carbocycles. The minimum absolute atomic E-state index is 0.118. The molecule has 0 amide bonds. The molecular formula is C10H11NO. The molecule has 1 rings (SSSR count). The molecule has 2 heteroatoms. The lowest BCUT2D eigenvalue weighted by atomic mass is 10.2. The second-order valence-corrected chi connectivity index (χ2v) is 2.45. The summed E-state index contributed by atoms with van der Waals surface area (Å²) in [7, 11) is 0. The first-order valence-electron chi connectivity index (χ1n) is 3.95. The van der Waals surface area contributed by atoms with Crippen LogP contribution in [0.5, 0.6) is 5.75 Å². The van der Waals surface area contributed by atoms with Crippen molar-refractivity contribution in [3.8, 4) is 11.8 Å². The molecule has 0 heterocycles. The van der Waals surface area contributed by atoms with Gasteiger partial charge in [0.15, 0.2) is 6.61 Å². The van der Waals surface area contributed by atoms with Gasteiger partial charge < -0.3 is 4.74 Å². The smallest absolute Gasteiger partial charge is 0.174 e. The van der Waals surface area contributed by atoms with E-state index in [4.69, 9.17) is 10.00 Å². The van der Waals surface area contributed by atoms with Gasteiger partial charge in [-0.2, -0.15) is 5.26 Å². The third-order valence-corrected chi connectivity index (χ3v) is 1.61. The molecule has 0 saturated carbocycles. The molecule has 0 aromatic heterocycles. The number of hydrogen-bond acceptors (Lipinski definition) is 2. The predicted molar refractivity (Wildman–Crippen MR) is 46.9 cm³/mol. The van der Waals surface area contributed by atoms with Crippen LogP contribution in [0.25, 0.3) is 0 Å². The molecular weight excluding hydrogens is 150 g/mol. The summed E-state index contributed by atoms with van der Waals surface area (Å²) in [6.45, 7) is 2.20. The average molecular weight is 161 g/mol. The van der Waals surface area contributed by atoms with E-state index in [2.05, 4.69) is 6.92 Å². The number of nitrogens with zero attached hydrogens (tertiary/aromatic N) is 1. The zero-order valence-corrected chi connectivity index (χ0v) is 7.08. The summed E-state index contributed by atoms with van der Waals surface area (Å²) in [4.78, 5) is 0. The van der Waals surface area contributed by atoms with Crippen molar-refractivity contribution in [1.29, 1.82) is 5.26 Å². The third kappa shape index (κ3) is 2.28. The number of nitriles is 1. The summed E-state index contributed by atoms with van der Waals surface area (Å²) >= 11 is 0. The number of benzene rings is 1. The van der Waals surface area contributed by atoms with Gasteiger partial charge in [0.05, 0.1) is 0 Å². The summed E-state index contributed by atoms with van der Waals surface area (Å²) in [6, 6.07) is 9.72. The van der Waals surface area contributed by atoms with Gasteiger partial charge in [-0.1, -0.05) is 19.1 Å². The highest BCUT2D eigenvalue weighted by atomic mass is 16.5. The third-order valence-electron chi connectivity index (χ3n) is 1.61. The Morgan fingerprint density at radius 3 is 3.00 bits per heavy atom. The first-order valence-corrected chi connectivity index (χ1v) is 3.95. The standard InChI is InChI=1S/C10H11NO/c1-2-9-4-3-5-10(8-9)12-7-6-11/h3-5,8H,2,7H2,1H3. The van der Waals surface area contributed by atoms with Gasteiger partial charge in [0.2, 0.25) is 0 Å². The van der Waals surface area contributed by atoms with E-state index in [0.29, 0.717) is 0 Å². The van der Waals surface area contributed by atoms with E-state index in [1.807, 2.05) is 30.3 Å². The molecule has 0 bridgehead atoms. The van der Waals surface area contributed by atoms with E-state index < -0.39 is 0 Å². The van der Waals surface area contributed by atoms with Gasteiger partial charge in [-0.25, -0.2) is 0 Å². The monoisotopic (exact) mass is 161 g/mol. The molecule has 62 valence electrons. The first kappa shape index (κ1) is 8.61. The normalized spacial score (nSPS) is 9.00. The zero-order chi connectivity index (χ0) is 8.81. The van der Waals surface area contributed by atoms with Crippen molar-refractivity contribution < 1.29 is 4.74 Å². The van der Waals surface area contributed by atoms with Crippen LogP contribution < -0.4 is 4.74 Å². The van der Waals surface area contributed by atoms with Gasteiger partial charge in [0.25, 0.3) is 0 Å². The van der Waals surface area contributed by atoms with Crippen LogP contribution >= 0.6 is 0 Å². The quantitative estimate of drug-likeness (QED) is 0.680. The van der Waals surface area contributed by atoms with Crippen LogP contribution in [0.3, 0.4) is 0 Å². The second kappa shape index (κ2) is 4.40. The van der Waals surface area contributed by atoms with Crippen molar-refractivity contribution in [2.45, 2.75) is 13.3 Å². The Hall–Kier alpha value is -1.49. The fourth-order valence-electron chi connectivity index (χ4n) is 0.971. The molecule has 0 radical (unpaired) electrons. The van der Waals surface area contributed by atoms with Crippen molar-refractivity contribution >= 4 is 0 Å². The molecule has 1 aromatic carbocycles. The highest BCUT2D eigenvalue weighted by molar-refractivity contribution is 5.28. The number of aryl methyl sites for hydroxylation is 1. The second-order valence-electron chi connectivity index (χ2n) is 2.45. The molecule has 12 heavy (non-hydrogen) atoms. The summed E-state index contributed by atoms with van der Waals surface area (Å²) < 4.78 is 5.14. The maximum Gasteiger partial charge on any atom is 0.174 e. The first-order chi connectivity index (χ1) is 5.86. The maximum atomic E-state index is 8.28. The molecule has 0 atom stereocenters. The lowest BCUT2D eigenvalue weighted by Gasteiger charge is -2.02. The Bertz CT molecular complexity index is 288. The van der Waals surface area contributed by atoms with Crippen molar-refractivity contribution in [2.24, 2.45) is 0 Å². The van der Waals surface area contributed by atoms with Crippen molar-refractivity contribution in [2.75, 3.05) is 6.61 Å². The van der Waals surface area contributed by atoms with Crippen LogP contribution in [0, 0.1) is 11.3 Å². The van der Waals surface area contributed by atoms with Gasteiger partial charge >= 0.3 is 0 Å². The van der Waals surface area contributed by atoms with E-state index in [-0.39, 0.29) is 6.61 Å². The average Bonchev–Trinajstić information content (AvgIpc) is 2.15. The highest BCUT2D eigenvalue weighted by Gasteiger charge is 1.93. The zero-order valence-electron chi connectivity index (χ0n) is 7.08. The molecule has 1 aromatic rings. The van der Waals surface area contributed by atoms with Gasteiger partial charge in [-0.15, -0.1) is 0 Å². The molecule has 2 nitrogen and oxygen atoms in total. The maximum absolute atomic E-state index is 8.28. The summed E-state index contributed by atoms with van der Waals surface area (Å²) in [5.74, 6) is 0.774. The van der Waals surface area contributed by atoms with Gasteiger partial charge in [0.1, 0.15) is 11.8 Å². The molecule has 0 N–H and O–H groups in total. The van der Waals surface area contributed by atoms with E-state index in [9.17, 15) is 0 Å². The van der Waals surface area contributed by atoms with Crippen molar-refractivity contribution in [3.05, 3.63) is 29.8 Å². The minimum Gasteiger partial charge on any atom is -0.479 e. The lowest BCUT2D eigenvalue weighted by molar-refractivity contribution is 0.368. The molecule has 0 saturated heterocycles. The Morgan fingerprint density at radius 2 is 2.33 bits per heavy atom. The highest BCUT2D eigenvalue weighted by Crippen LogP contribution is 2.13. The number of ether oxygens (including phenoxy) is 1. The number of hydrogen-bond donors (Lipinski definition) is 0. The van der Waals surface area contributed by atoms with E-state index in [1.54, 1.807) is 0 Å². The molecule has 0 unspecified atom stereocenters. The Morgan fingerprint density at radius 1 is 1.50 bits per heavy atom. The fourth-order valence-corrected chi connectivity index (χ4v) is 0.971. The Kier molecular flexibility index (Phi) is 3.16. The number of rotatable bonds is 3. The van der Waals surface area contributed by atoms with Gasteiger partial charge in [-0.3, -0.25) is 0 Å². The minimum atomic E-state index is 0.118. The van der Waals surface area contributed by atoms with E-state index in [0.717, 1.165) is 12.2 Å². The predicted octanol–water partition coefficient (Wildman–Crippen LogP) is 2.15. The Labute approximate surface area is 72.4 Å². The lowest BCUT2D eigenvalue weighted by Crippen LogP contribution is -1.93.